The molecule has 1 aromatic heterocycles. The van der Waals surface area contributed by atoms with Gasteiger partial charge in [0, 0.05) is 37.9 Å². The zero-order valence-electron chi connectivity index (χ0n) is 13.9. The molecule has 1 amide bonds. The van der Waals surface area contributed by atoms with Crippen molar-refractivity contribution < 1.29 is 9.53 Å². The van der Waals surface area contributed by atoms with Gasteiger partial charge in [-0.15, -0.1) is 0 Å². The van der Waals surface area contributed by atoms with Gasteiger partial charge in [-0.1, -0.05) is 23.7 Å². The van der Waals surface area contributed by atoms with Crippen LogP contribution >= 0.6 is 11.6 Å². The first-order chi connectivity index (χ1) is 12.2. The van der Waals surface area contributed by atoms with E-state index in [9.17, 15) is 4.79 Å². The Kier molecular flexibility index (Phi) is 6.22. The maximum absolute atomic E-state index is 12.4. The van der Waals surface area contributed by atoms with Crippen molar-refractivity contribution in [3.63, 3.8) is 0 Å². The number of para-hydroxylation sites is 1. The number of ether oxygens (including phenoxy) is 1. The molecular weight excluding hydrogens is 340 g/mol. The van der Waals surface area contributed by atoms with Crippen molar-refractivity contribution in [3.8, 4) is 0 Å². The van der Waals surface area contributed by atoms with Gasteiger partial charge >= 0.3 is 0 Å². The number of amides is 1. The van der Waals surface area contributed by atoms with Crippen LogP contribution in [-0.4, -0.2) is 55.2 Å². The van der Waals surface area contributed by atoms with Crippen molar-refractivity contribution in [2.24, 2.45) is 0 Å². The number of benzene rings is 1. The van der Waals surface area contributed by atoms with Gasteiger partial charge in [0.1, 0.15) is 5.82 Å². The van der Waals surface area contributed by atoms with E-state index in [-0.39, 0.29) is 5.91 Å². The third kappa shape index (κ3) is 5.16. The van der Waals surface area contributed by atoms with E-state index in [1.165, 1.54) is 0 Å². The molecule has 0 spiro atoms. The van der Waals surface area contributed by atoms with Gasteiger partial charge < -0.3 is 15.4 Å². The average Bonchev–Trinajstić information content (AvgIpc) is 2.65. The maximum Gasteiger partial charge on any atom is 0.255 e. The molecule has 6 nitrogen and oxygen atoms in total. The lowest BCUT2D eigenvalue weighted by molar-refractivity contribution is 0.0398. The highest BCUT2D eigenvalue weighted by Crippen LogP contribution is 2.21. The van der Waals surface area contributed by atoms with Crippen LogP contribution in [0.5, 0.6) is 0 Å². The van der Waals surface area contributed by atoms with Gasteiger partial charge in [-0.2, -0.15) is 0 Å². The normalized spacial score (nSPS) is 14.9. The molecule has 132 valence electrons. The molecule has 2 aromatic rings. The summed E-state index contributed by atoms with van der Waals surface area (Å²) in [5.74, 6) is 0.465. The number of nitrogens with one attached hydrogen (secondary N) is 2. The zero-order chi connectivity index (χ0) is 17.5. The Morgan fingerprint density at radius 3 is 2.84 bits per heavy atom. The molecule has 0 radical (unpaired) electrons. The Hall–Kier alpha value is -2.15. The van der Waals surface area contributed by atoms with Crippen molar-refractivity contribution in [2.45, 2.75) is 0 Å². The van der Waals surface area contributed by atoms with Crippen molar-refractivity contribution in [3.05, 3.63) is 53.2 Å². The van der Waals surface area contributed by atoms with Crippen LogP contribution in [0.15, 0.2) is 42.6 Å². The summed E-state index contributed by atoms with van der Waals surface area (Å²) < 4.78 is 5.34. The van der Waals surface area contributed by atoms with Crippen LogP contribution in [0.25, 0.3) is 0 Å². The number of nitrogens with zero attached hydrogens (tertiary/aromatic N) is 2. The number of aromatic nitrogens is 1. The number of pyridine rings is 1. The van der Waals surface area contributed by atoms with Crippen LogP contribution < -0.4 is 10.6 Å². The Morgan fingerprint density at radius 1 is 1.24 bits per heavy atom. The smallest absolute Gasteiger partial charge is 0.255 e. The molecule has 25 heavy (non-hydrogen) atoms. The molecule has 1 aromatic carbocycles. The summed E-state index contributed by atoms with van der Waals surface area (Å²) in [7, 11) is 0. The monoisotopic (exact) mass is 360 g/mol. The first kappa shape index (κ1) is 17.7. The van der Waals surface area contributed by atoms with E-state index in [4.69, 9.17) is 16.3 Å². The molecule has 0 bridgehead atoms. The number of hydrogen-bond donors (Lipinski definition) is 2. The predicted molar refractivity (Wildman–Crippen MR) is 99.4 cm³/mol. The van der Waals surface area contributed by atoms with E-state index in [1.54, 1.807) is 30.5 Å². The predicted octanol–water partition coefficient (Wildman–Crippen LogP) is 2.73. The first-order valence-electron chi connectivity index (χ1n) is 8.28. The maximum atomic E-state index is 12.4. The molecule has 1 aliphatic rings. The molecule has 2 N–H and O–H groups in total. The highest BCUT2D eigenvalue weighted by atomic mass is 35.5. The molecule has 7 heteroatoms. The average molecular weight is 361 g/mol. The third-order valence-electron chi connectivity index (χ3n) is 3.98. The van der Waals surface area contributed by atoms with Crippen molar-refractivity contribution >= 4 is 29.0 Å². The highest BCUT2D eigenvalue weighted by Gasteiger charge is 2.11. The first-order valence-corrected chi connectivity index (χ1v) is 8.66. The fourth-order valence-corrected chi connectivity index (χ4v) is 2.78. The number of rotatable bonds is 6. The molecule has 0 unspecified atom stereocenters. The molecule has 0 atom stereocenters. The van der Waals surface area contributed by atoms with Gasteiger partial charge in [-0.3, -0.25) is 9.69 Å². The second-order valence-corrected chi connectivity index (χ2v) is 6.15. The molecule has 0 aliphatic carbocycles. The van der Waals surface area contributed by atoms with Crippen LogP contribution in [0.2, 0.25) is 5.02 Å². The van der Waals surface area contributed by atoms with Crippen molar-refractivity contribution in [2.75, 3.05) is 50.0 Å². The van der Waals surface area contributed by atoms with Crippen molar-refractivity contribution in [1.82, 2.24) is 9.88 Å². The quantitative estimate of drug-likeness (QED) is 0.829. The summed E-state index contributed by atoms with van der Waals surface area (Å²) in [5.41, 5.74) is 1.12. The number of anilines is 2. The lowest BCUT2D eigenvalue weighted by Gasteiger charge is -2.26. The minimum absolute atomic E-state index is 0.216. The lowest BCUT2D eigenvalue weighted by atomic mass is 10.2. The standard InChI is InChI=1S/C18H21ClN4O2/c19-15-3-1-2-4-16(15)22-18(24)14-5-6-20-17(13-14)21-7-8-23-9-11-25-12-10-23/h1-6,13H,7-12H2,(H,20,21)(H,22,24). The lowest BCUT2D eigenvalue weighted by Crippen LogP contribution is -2.39. The third-order valence-corrected chi connectivity index (χ3v) is 4.31. The topological polar surface area (TPSA) is 66.5 Å². The Bertz CT molecular complexity index is 720. The van der Waals surface area contributed by atoms with Crippen LogP contribution in [0.1, 0.15) is 10.4 Å². The minimum atomic E-state index is -0.216. The summed E-state index contributed by atoms with van der Waals surface area (Å²) in [6.07, 6.45) is 1.62. The largest absolute Gasteiger partial charge is 0.379 e. The summed E-state index contributed by atoms with van der Waals surface area (Å²) in [6.45, 7) is 5.17. The van der Waals surface area contributed by atoms with Gasteiger partial charge in [0.15, 0.2) is 0 Å². The van der Waals surface area contributed by atoms with E-state index in [2.05, 4.69) is 20.5 Å². The second kappa shape index (κ2) is 8.80. The summed E-state index contributed by atoms with van der Waals surface area (Å²) in [4.78, 5) is 19.0. The molecule has 1 fully saturated rings. The van der Waals surface area contributed by atoms with Gasteiger partial charge in [-0.25, -0.2) is 4.98 Å². The highest BCUT2D eigenvalue weighted by molar-refractivity contribution is 6.33. The van der Waals surface area contributed by atoms with Crippen molar-refractivity contribution in [1.29, 1.82) is 0 Å². The van der Waals surface area contributed by atoms with Crippen LogP contribution in [0.3, 0.4) is 0 Å². The summed E-state index contributed by atoms with van der Waals surface area (Å²) in [6, 6.07) is 10.6. The molecule has 2 heterocycles. The number of carbonyl (C=O) groups is 1. The van der Waals surface area contributed by atoms with Crippen LogP contribution in [-0.2, 0) is 4.74 Å². The Morgan fingerprint density at radius 2 is 2.04 bits per heavy atom. The van der Waals surface area contributed by atoms with Crippen LogP contribution in [0, 0.1) is 0 Å². The molecular formula is C18H21ClN4O2. The van der Waals surface area contributed by atoms with E-state index in [1.807, 2.05) is 12.1 Å². The van der Waals surface area contributed by atoms with Gasteiger partial charge in [0.2, 0.25) is 0 Å². The minimum Gasteiger partial charge on any atom is -0.379 e. The molecule has 1 aliphatic heterocycles. The number of morpholine rings is 1. The summed E-state index contributed by atoms with van der Waals surface area (Å²) in [5, 5.41) is 6.58. The SMILES string of the molecule is O=C(Nc1ccccc1Cl)c1ccnc(NCCN2CCOCC2)c1. The fourth-order valence-electron chi connectivity index (χ4n) is 2.59. The van der Waals surface area contributed by atoms with Gasteiger partial charge in [0.05, 0.1) is 23.9 Å². The van der Waals surface area contributed by atoms with E-state index < -0.39 is 0 Å². The number of halogens is 1. The van der Waals surface area contributed by atoms with E-state index in [0.29, 0.717) is 22.1 Å². The fraction of sp³-hybridized carbons (Fsp3) is 0.333. The van der Waals surface area contributed by atoms with Crippen LogP contribution in [0.4, 0.5) is 11.5 Å². The summed E-state index contributed by atoms with van der Waals surface area (Å²) >= 11 is 6.08. The number of hydrogen-bond acceptors (Lipinski definition) is 5. The van der Waals surface area contributed by atoms with E-state index in [0.717, 1.165) is 39.4 Å². The van der Waals surface area contributed by atoms with Gasteiger partial charge in [0.25, 0.3) is 5.91 Å². The second-order valence-electron chi connectivity index (χ2n) is 5.74. The number of carbonyl (C=O) groups excluding carboxylic acids is 1. The zero-order valence-corrected chi connectivity index (χ0v) is 14.6. The molecule has 1 saturated heterocycles. The Labute approximate surface area is 152 Å². The molecule has 3 rings (SSSR count). The Balaban J connectivity index is 1.55. The van der Waals surface area contributed by atoms with E-state index >= 15 is 0 Å². The van der Waals surface area contributed by atoms with Gasteiger partial charge in [-0.05, 0) is 24.3 Å². The molecule has 0 saturated carbocycles.